The molecule has 4 N–H and O–H groups in total. The van der Waals surface area contributed by atoms with Crippen LogP contribution in [0.5, 0.6) is 0 Å². The molecule has 0 fully saturated rings. The first-order chi connectivity index (χ1) is 11.7. The van der Waals surface area contributed by atoms with Gasteiger partial charge in [0.05, 0.1) is 17.1 Å². The van der Waals surface area contributed by atoms with E-state index in [1.54, 1.807) is 0 Å². The van der Waals surface area contributed by atoms with E-state index in [4.69, 9.17) is 0 Å². The second kappa shape index (κ2) is 7.51. The molecule has 8 heteroatoms. The molecule has 1 aromatic heterocycles. The topological polar surface area (TPSA) is 103 Å². The van der Waals surface area contributed by atoms with Crippen molar-refractivity contribution >= 4 is 34.7 Å². The quantitative estimate of drug-likeness (QED) is 0.516. The lowest BCUT2D eigenvalue weighted by molar-refractivity contribution is -0.113. The molecule has 0 unspecified atom stereocenters. The SMILES string of the molecule is O=C(CSc1n[nH]c(=O)[nH]1)Nc1ccccc1Nc1ccccc1. The molecule has 0 bridgehead atoms. The van der Waals surface area contributed by atoms with Gasteiger partial charge in [-0.2, -0.15) is 0 Å². The number of anilines is 3. The Morgan fingerprint density at radius 2 is 1.75 bits per heavy atom. The summed E-state index contributed by atoms with van der Waals surface area (Å²) in [7, 11) is 0. The number of nitrogens with zero attached hydrogens (tertiary/aromatic N) is 1. The minimum Gasteiger partial charge on any atom is -0.354 e. The molecule has 122 valence electrons. The molecule has 1 amide bonds. The Morgan fingerprint density at radius 3 is 2.46 bits per heavy atom. The van der Waals surface area contributed by atoms with E-state index in [1.807, 2.05) is 54.6 Å². The normalized spacial score (nSPS) is 10.3. The first kappa shape index (κ1) is 15.9. The van der Waals surface area contributed by atoms with Gasteiger partial charge in [-0.1, -0.05) is 42.1 Å². The molecule has 0 saturated heterocycles. The van der Waals surface area contributed by atoms with Crippen LogP contribution in [0.25, 0.3) is 0 Å². The maximum absolute atomic E-state index is 12.1. The van der Waals surface area contributed by atoms with Crippen LogP contribution in [0, 0.1) is 0 Å². The Balaban J connectivity index is 1.64. The lowest BCUT2D eigenvalue weighted by Crippen LogP contribution is -2.15. The maximum atomic E-state index is 12.1. The molecule has 0 aliphatic carbocycles. The summed E-state index contributed by atoms with van der Waals surface area (Å²) < 4.78 is 0. The van der Waals surface area contributed by atoms with Crippen molar-refractivity contribution in [3.8, 4) is 0 Å². The van der Waals surface area contributed by atoms with Crippen LogP contribution in [0.4, 0.5) is 17.1 Å². The number of hydrogen-bond donors (Lipinski definition) is 4. The zero-order chi connectivity index (χ0) is 16.8. The first-order valence-corrected chi connectivity index (χ1v) is 8.18. The second-order valence-corrected chi connectivity index (χ2v) is 5.82. The summed E-state index contributed by atoms with van der Waals surface area (Å²) in [6.45, 7) is 0. The fraction of sp³-hybridized carbons (Fsp3) is 0.0625. The number of hydrogen-bond acceptors (Lipinski definition) is 5. The molecule has 2 aromatic carbocycles. The summed E-state index contributed by atoms with van der Waals surface area (Å²) in [5.41, 5.74) is 2.02. The minimum absolute atomic E-state index is 0.139. The second-order valence-electron chi connectivity index (χ2n) is 4.86. The van der Waals surface area contributed by atoms with E-state index in [0.717, 1.165) is 23.1 Å². The molecule has 3 rings (SSSR count). The summed E-state index contributed by atoms with van der Waals surface area (Å²) in [4.78, 5) is 25.5. The predicted molar refractivity (Wildman–Crippen MR) is 94.7 cm³/mol. The number of benzene rings is 2. The van der Waals surface area contributed by atoms with Gasteiger partial charge in [-0.3, -0.25) is 9.78 Å². The van der Waals surface area contributed by atoms with Gasteiger partial charge in [0, 0.05) is 5.69 Å². The Hall–Kier alpha value is -3.00. The number of nitrogens with one attached hydrogen (secondary N) is 4. The smallest absolute Gasteiger partial charge is 0.341 e. The minimum atomic E-state index is -0.393. The first-order valence-electron chi connectivity index (χ1n) is 7.19. The number of carbonyl (C=O) groups is 1. The van der Waals surface area contributed by atoms with E-state index in [1.165, 1.54) is 0 Å². The van der Waals surface area contributed by atoms with Crippen molar-refractivity contribution < 1.29 is 4.79 Å². The lowest BCUT2D eigenvalue weighted by Gasteiger charge is -2.12. The van der Waals surface area contributed by atoms with Gasteiger partial charge < -0.3 is 10.6 Å². The van der Waals surface area contributed by atoms with Crippen LogP contribution in [-0.2, 0) is 4.79 Å². The van der Waals surface area contributed by atoms with Gasteiger partial charge in [0.1, 0.15) is 0 Å². The Bertz CT molecular complexity index is 875. The van der Waals surface area contributed by atoms with Crippen LogP contribution in [0.3, 0.4) is 0 Å². The van der Waals surface area contributed by atoms with Crippen molar-refractivity contribution in [3.63, 3.8) is 0 Å². The summed E-state index contributed by atoms with van der Waals surface area (Å²) in [5.74, 6) is -0.0494. The highest BCUT2D eigenvalue weighted by molar-refractivity contribution is 7.99. The molecule has 0 aliphatic rings. The van der Waals surface area contributed by atoms with Crippen LogP contribution in [-0.4, -0.2) is 26.8 Å². The molecule has 7 nitrogen and oxygen atoms in total. The van der Waals surface area contributed by atoms with Gasteiger partial charge in [0.2, 0.25) is 5.91 Å². The van der Waals surface area contributed by atoms with Gasteiger partial charge in [-0.15, -0.1) is 5.10 Å². The summed E-state index contributed by atoms with van der Waals surface area (Å²) in [6.07, 6.45) is 0. The largest absolute Gasteiger partial charge is 0.354 e. The molecule has 0 atom stereocenters. The van der Waals surface area contributed by atoms with Crippen molar-refractivity contribution in [2.75, 3.05) is 16.4 Å². The third kappa shape index (κ3) is 4.26. The number of H-pyrrole nitrogens is 2. The van der Waals surface area contributed by atoms with Gasteiger partial charge in [-0.05, 0) is 24.3 Å². The maximum Gasteiger partial charge on any atom is 0.341 e. The van der Waals surface area contributed by atoms with Gasteiger partial charge >= 0.3 is 5.69 Å². The van der Waals surface area contributed by atoms with E-state index in [2.05, 4.69) is 25.8 Å². The standard InChI is InChI=1S/C16H15N5O2S/c22-14(10-24-16-19-15(23)20-21-16)18-13-9-5-4-8-12(13)17-11-6-2-1-3-7-11/h1-9,17H,10H2,(H,18,22)(H2,19,20,21,23). The summed E-state index contributed by atoms with van der Waals surface area (Å²) in [6, 6.07) is 17.2. The number of amides is 1. The lowest BCUT2D eigenvalue weighted by atomic mass is 10.2. The van der Waals surface area contributed by atoms with Crippen molar-refractivity contribution in [1.29, 1.82) is 0 Å². The highest BCUT2D eigenvalue weighted by Crippen LogP contribution is 2.25. The molecule has 0 radical (unpaired) electrons. The monoisotopic (exact) mass is 341 g/mol. The number of para-hydroxylation sites is 3. The highest BCUT2D eigenvalue weighted by atomic mass is 32.2. The number of aromatic nitrogens is 3. The summed E-state index contributed by atoms with van der Waals surface area (Å²) in [5, 5.41) is 12.5. The molecular weight excluding hydrogens is 326 g/mol. The molecule has 0 spiro atoms. The van der Waals surface area contributed by atoms with Crippen LogP contribution in [0.15, 0.2) is 64.5 Å². The molecule has 24 heavy (non-hydrogen) atoms. The third-order valence-electron chi connectivity index (χ3n) is 3.07. The van der Waals surface area contributed by atoms with E-state index < -0.39 is 5.69 Å². The van der Waals surface area contributed by atoms with E-state index >= 15 is 0 Å². The third-order valence-corrected chi connectivity index (χ3v) is 3.95. The average molecular weight is 341 g/mol. The van der Waals surface area contributed by atoms with Crippen LogP contribution >= 0.6 is 11.8 Å². The number of carbonyl (C=O) groups excluding carboxylic acids is 1. The fourth-order valence-corrected chi connectivity index (χ4v) is 2.64. The predicted octanol–water partition coefficient (Wildman–Crippen LogP) is 2.57. The zero-order valence-corrected chi connectivity index (χ0v) is 13.4. The van der Waals surface area contributed by atoms with Crippen molar-refractivity contribution in [1.82, 2.24) is 15.2 Å². The Labute approximate surface area is 141 Å². The Kier molecular flexibility index (Phi) is 4.97. The molecule has 1 heterocycles. The molecular formula is C16H15N5O2S. The number of aromatic amines is 2. The van der Waals surface area contributed by atoms with Crippen molar-refractivity contribution in [2.45, 2.75) is 5.16 Å². The van der Waals surface area contributed by atoms with Gasteiger partial charge in [-0.25, -0.2) is 9.89 Å². The molecule has 0 saturated carbocycles. The van der Waals surface area contributed by atoms with Crippen molar-refractivity contribution in [3.05, 3.63) is 65.1 Å². The zero-order valence-electron chi connectivity index (χ0n) is 12.6. The van der Waals surface area contributed by atoms with Crippen molar-refractivity contribution in [2.24, 2.45) is 0 Å². The summed E-state index contributed by atoms with van der Waals surface area (Å²) >= 11 is 1.15. The fourth-order valence-electron chi connectivity index (χ4n) is 2.02. The Morgan fingerprint density at radius 1 is 1.04 bits per heavy atom. The molecule has 0 aliphatic heterocycles. The van der Waals surface area contributed by atoms with Crippen LogP contribution in [0.2, 0.25) is 0 Å². The van der Waals surface area contributed by atoms with E-state index in [-0.39, 0.29) is 11.7 Å². The number of thioether (sulfide) groups is 1. The van der Waals surface area contributed by atoms with E-state index in [0.29, 0.717) is 10.8 Å². The van der Waals surface area contributed by atoms with Crippen LogP contribution < -0.4 is 16.3 Å². The number of rotatable bonds is 6. The highest BCUT2D eigenvalue weighted by Gasteiger charge is 2.09. The van der Waals surface area contributed by atoms with E-state index in [9.17, 15) is 9.59 Å². The van der Waals surface area contributed by atoms with Gasteiger partial charge in [0.15, 0.2) is 5.16 Å². The van der Waals surface area contributed by atoms with Crippen LogP contribution in [0.1, 0.15) is 0 Å². The van der Waals surface area contributed by atoms with Gasteiger partial charge in [0.25, 0.3) is 0 Å². The molecule has 3 aromatic rings. The average Bonchev–Trinajstić information content (AvgIpc) is 3.01.